The first kappa shape index (κ1) is 27.0. The van der Waals surface area contributed by atoms with Gasteiger partial charge in [-0.15, -0.1) is 0 Å². The third-order valence-corrected chi connectivity index (χ3v) is 10.9. The van der Waals surface area contributed by atoms with E-state index in [-0.39, 0.29) is 5.92 Å². The van der Waals surface area contributed by atoms with E-state index in [1.807, 2.05) is 19.1 Å². The van der Waals surface area contributed by atoms with Gasteiger partial charge in [0, 0.05) is 19.1 Å². The molecule has 0 heterocycles. The van der Waals surface area contributed by atoms with E-state index in [2.05, 4.69) is 69.3 Å². The second kappa shape index (κ2) is 15.5. The van der Waals surface area contributed by atoms with Gasteiger partial charge in [0.15, 0.2) is 0 Å². The van der Waals surface area contributed by atoms with Crippen LogP contribution in [0.5, 0.6) is 0 Å². The van der Waals surface area contributed by atoms with Crippen LogP contribution in [-0.2, 0) is 17.4 Å². The molecule has 2 aromatic carbocycles. The lowest BCUT2D eigenvalue weighted by Crippen LogP contribution is -2.53. The Labute approximate surface area is 198 Å². The maximum absolute atomic E-state index is 6.58. The molecule has 0 aliphatic heterocycles. The molecule has 1 unspecified atom stereocenters. The average Bonchev–Trinajstić information content (AvgIpc) is 2.84. The summed E-state index contributed by atoms with van der Waals surface area (Å²) >= 11 is 0. The van der Waals surface area contributed by atoms with E-state index >= 15 is 0 Å². The van der Waals surface area contributed by atoms with Crippen LogP contribution in [0.1, 0.15) is 70.4 Å². The molecule has 0 spiro atoms. The number of hydrogen-bond acceptors (Lipinski definition) is 4. The summed E-state index contributed by atoms with van der Waals surface area (Å²) in [4.78, 5) is 0. The van der Waals surface area contributed by atoms with E-state index in [0.717, 1.165) is 24.9 Å². The molecular formula is C26H41O4Si2. The Kier molecular flexibility index (Phi) is 13.1. The van der Waals surface area contributed by atoms with Crippen molar-refractivity contribution in [3.63, 3.8) is 0 Å². The summed E-state index contributed by atoms with van der Waals surface area (Å²) in [6.07, 6.45) is 4.58. The van der Waals surface area contributed by atoms with Crippen molar-refractivity contribution < 1.29 is 17.4 Å². The molecule has 0 aliphatic carbocycles. The van der Waals surface area contributed by atoms with Gasteiger partial charge >= 0.3 is 9.05 Å². The molecule has 0 aliphatic rings. The molecule has 0 fully saturated rings. The first-order valence-corrected chi connectivity index (χ1v) is 15.7. The number of unbranched alkanes of at least 4 members (excludes halogenated alkanes) is 3. The van der Waals surface area contributed by atoms with E-state index in [1.54, 1.807) is 0 Å². The summed E-state index contributed by atoms with van der Waals surface area (Å²) in [5.74, 6) is 0.0935. The summed E-state index contributed by atoms with van der Waals surface area (Å²) in [7, 11) is -4.28. The van der Waals surface area contributed by atoms with Gasteiger partial charge < -0.3 is 17.4 Å². The highest BCUT2D eigenvalue weighted by Crippen LogP contribution is 2.27. The van der Waals surface area contributed by atoms with Crippen LogP contribution in [0, 0.1) is 0 Å². The van der Waals surface area contributed by atoms with E-state index < -0.39 is 18.1 Å². The summed E-state index contributed by atoms with van der Waals surface area (Å²) in [6.45, 7) is 10.2. The Morgan fingerprint density at radius 1 is 0.719 bits per heavy atom. The molecular weight excluding hydrogens is 432 g/mol. The molecule has 0 saturated carbocycles. The van der Waals surface area contributed by atoms with Crippen molar-refractivity contribution in [2.75, 3.05) is 19.8 Å². The molecule has 4 nitrogen and oxygen atoms in total. The molecule has 0 bridgehead atoms. The topological polar surface area (TPSA) is 36.9 Å². The molecule has 177 valence electrons. The Bertz CT molecular complexity index is 673. The predicted molar refractivity (Wildman–Crippen MR) is 136 cm³/mol. The third kappa shape index (κ3) is 8.92. The maximum Gasteiger partial charge on any atom is 0.669 e. The molecule has 2 rings (SSSR count). The standard InChI is InChI=1S/C26H41O4Si2/c1-5-9-10-17-22-28-32(27-6-2,30-31(7-3)8-4)29-23-26(24-18-13-11-14-19-24)25-20-15-12-16-21-25/h11-16,18-21,26H,5-10,17,22-23H2,1-4H3. The molecule has 6 heteroatoms. The van der Waals surface area contributed by atoms with Crippen molar-refractivity contribution in [3.05, 3.63) is 71.8 Å². The highest BCUT2D eigenvalue weighted by Gasteiger charge is 2.47. The third-order valence-electron chi connectivity index (χ3n) is 5.49. The lowest BCUT2D eigenvalue weighted by atomic mass is 9.92. The summed E-state index contributed by atoms with van der Waals surface area (Å²) in [6, 6.07) is 23.0. The molecule has 1 atom stereocenters. The van der Waals surface area contributed by atoms with Gasteiger partial charge in [0.05, 0.1) is 6.61 Å². The smallest absolute Gasteiger partial charge is 0.393 e. The molecule has 32 heavy (non-hydrogen) atoms. The van der Waals surface area contributed by atoms with E-state index in [4.69, 9.17) is 17.4 Å². The summed E-state index contributed by atoms with van der Waals surface area (Å²) < 4.78 is 25.7. The van der Waals surface area contributed by atoms with Crippen molar-refractivity contribution in [3.8, 4) is 0 Å². The lowest BCUT2D eigenvalue weighted by molar-refractivity contribution is -0.000383. The van der Waals surface area contributed by atoms with Crippen molar-refractivity contribution >= 4 is 18.1 Å². The van der Waals surface area contributed by atoms with Crippen molar-refractivity contribution in [1.82, 2.24) is 0 Å². The highest BCUT2D eigenvalue weighted by atomic mass is 28.4. The Morgan fingerprint density at radius 2 is 1.31 bits per heavy atom. The van der Waals surface area contributed by atoms with Crippen LogP contribution in [-0.4, -0.2) is 37.9 Å². The van der Waals surface area contributed by atoms with Gasteiger partial charge in [0.25, 0.3) is 0 Å². The molecule has 0 amide bonds. The van der Waals surface area contributed by atoms with Crippen molar-refractivity contribution in [2.24, 2.45) is 0 Å². The van der Waals surface area contributed by atoms with Gasteiger partial charge in [-0.25, -0.2) is 0 Å². The fourth-order valence-corrected chi connectivity index (χ4v) is 8.77. The van der Waals surface area contributed by atoms with Crippen LogP contribution in [0.2, 0.25) is 12.1 Å². The molecule has 1 radical (unpaired) electrons. The Hall–Kier alpha value is -1.29. The quantitative estimate of drug-likeness (QED) is 0.184. The number of rotatable bonds is 17. The molecule has 0 aromatic heterocycles. The van der Waals surface area contributed by atoms with Crippen LogP contribution in [0.25, 0.3) is 0 Å². The van der Waals surface area contributed by atoms with Gasteiger partial charge in [-0.05, 0) is 36.6 Å². The number of hydrogen-bond donors (Lipinski definition) is 0. The molecule has 0 N–H and O–H groups in total. The summed E-state index contributed by atoms with van der Waals surface area (Å²) in [5, 5.41) is 0. The molecule has 2 aromatic rings. The fraction of sp³-hybridized carbons (Fsp3) is 0.538. The highest BCUT2D eigenvalue weighted by molar-refractivity contribution is 6.67. The van der Waals surface area contributed by atoms with Gasteiger partial charge in [-0.2, -0.15) is 0 Å². The Balaban J connectivity index is 2.23. The average molecular weight is 474 g/mol. The summed E-state index contributed by atoms with van der Waals surface area (Å²) in [5.41, 5.74) is 2.44. The van der Waals surface area contributed by atoms with Gasteiger partial charge in [-0.1, -0.05) is 101 Å². The SMILES string of the molecule is CCCCCCO[Si](OCC)(OCC(c1ccccc1)c1ccccc1)O[Si](CC)CC. The normalized spacial score (nSPS) is 13.6. The number of benzene rings is 2. The predicted octanol–water partition coefficient (Wildman–Crippen LogP) is 6.95. The van der Waals surface area contributed by atoms with Gasteiger partial charge in [-0.3, -0.25) is 0 Å². The van der Waals surface area contributed by atoms with Crippen LogP contribution >= 0.6 is 0 Å². The monoisotopic (exact) mass is 473 g/mol. The minimum atomic E-state index is -3.24. The Morgan fingerprint density at radius 3 is 1.81 bits per heavy atom. The molecule has 0 saturated heterocycles. The minimum Gasteiger partial charge on any atom is -0.393 e. The first-order valence-electron chi connectivity index (χ1n) is 12.2. The van der Waals surface area contributed by atoms with E-state index in [0.29, 0.717) is 19.8 Å². The van der Waals surface area contributed by atoms with Crippen LogP contribution in [0.4, 0.5) is 0 Å². The van der Waals surface area contributed by atoms with Crippen LogP contribution in [0.15, 0.2) is 60.7 Å². The van der Waals surface area contributed by atoms with Gasteiger partial charge in [0.1, 0.15) is 0 Å². The zero-order chi connectivity index (χ0) is 23.1. The van der Waals surface area contributed by atoms with Gasteiger partial charge in [0.2, 0.25) is 9.04 Å². The van der Waals surface area contributed by atoms with Crippen molar-refractivity contribution in [2.45, 2.75) is 71.4 Å². The van der Waals surface area contributed by atoms with E-state index in [9.17, 15) is 0 Å². The van der Waals surface area contributed by atoms with Crippen molar-refractivity contribution in [1.29, 1.82) is 0 Å². The second-order valence-corrected chi connectivity index (χ2v) is 13.0. The van der Waals surface area contributed by atoms with E-state index in [1.165, 1.54) is 24.0 Å². The first-order chi connectivity index (χ1) is 15.7. The van der Waals surface area contributed by atoms with Crippen LogP contribution in [0.3, 0.4) is 0 Å². The second-order valence-electron chi connectivity index (χ2n) is 7.87. The maximum atomic E-state index is 6.58. The zero-order valence-corrected chi connectivity index (χ0v) is 22.3. The largest absolute Gasteiger partial charge is 0.669 e. The minimum absolute atomic E-state index is 0.0935. The van der Waals surface area contributed by atoms with Crippen LogP contribution < -0.4 is 0 Å². The fourth-order valence-electron chi connectivity index (χ4n) is 3.63. The lowest BCUT2D eigenvalue weighted by Gasteiger charge is -2.32. The zero-order valence-electron chi connectivity index (χ0n) is 20.3.